The third-order valence-electron chi connectivity index (χ3n) is 2.88. The molecule has 0 aromatic heterocycles. The predicted molar refractivity (Wildman–Crippen MR) is 61.5 cm³/mol. The van der Waals surface area contributed by atoms with Crippen molar-refractivity contribution in [2.75, 3.05) is 18.0 Å². The van der Waals surface area contributed by atoms with E-state index in [9.17, 15) is 14.9 Å². The molecule has 17 heavy (non-hydrogen) atoms. The number of hydrogen-bond donors (Lipinski definition) is 1. The van der Waals surface area contributed by atoms with Crippen molar-refractivity contribution in [3.8, 4) is 0 Å². The molecule has 0 saturated carbocycles. The Kier molecular flexibility index (Phi) is 2.95. The predicted octanol–water partition coefficient (Wildman–Crippen LogP) is 1.89. The fourth-order valence-corrected chi connectivity index (χ4v) is 2.02. The van der Waals surface area contributed by atoms with Gasteiger partial charge in [-0.15, -0.1) is 0 Å². The molecule has 1 N–H and O–H groups in total. The molecule has 1 aromatic carbocycles. The van der Waals surface area contributed by atoms with E-state index < -0.39 is 10.9 Å². The largest absolute Gasteiger partial charge is 0.477 e. The Hall–Kier alpha value is -2.11. The van der Waals surface area contributed by atoms with Crippen LogP contribution in [-0.4, -0.2) is 29.1 Å². The van der Waals surface area contributed by atoms with Gasteiger partial charge >= 0.3 is 5.97 Å². The maximum absolute atomic E-state index is 10.8. The molecule has 1 fully saturated rings. The summed E-state index contributed by atoms with van der Waals surface area (Å²) in [5.74, 6) is -1.27. The molecular weight excluding hydrogens is 224 g/mol. The molecule has 0 aliphatic carbocycles. The topological polar surface area (TPSA) is 83.7 Å². The molecule has 1 heterocycles. The fraction of sp³-hybridized carbons (Fsp3) is 0.364. The van der Waals surface area contributed by atoms with Crippen molar-refractivity contribution in [1.29, 1.82) is 0 Å². The van der Waals surface area contributed by atoms with Crippen LogP contribution in [0.3, 0.4) is 0 Å². The Morgan fingerprint density at radius 3 is 2.53 bits per heavy atom. The molecular formula is C11H12N2O4. The summed E-state index contributed by atoms with van der Waals surface area (Å²) in [4.78, 5) is 23.0. The summed E-state index contributed by atoms with van der Waals surface area (Å²) in [7, 11) is 0. The number of carbonyl (C=O) groups is 1. The fourth-order valence-electron chi connectivity index (χ4n) is 2.02. The Labute approximate surface area is 97.6 Å². The lowest BCUT2D eigenvalue weighted by Crippen LogP contribution is -2.18. The molecule has 1 aliphatic heterocycles. The van der Waals surface area contributed by atoms with Gasteiger partial charge in [-0.3, -0.25) is 10.1 Å². The van der Waals surface area contributed by atoms with Crippen LogP contribution in [0.2, 0.25) is 0 Å². The van der Waals surface area contributed by atoms with E-state index in [4.69, 9.17) is 5.11 Å². The summed E-state index contributed by atoms with van der Waals surface area (Å²) >= 11 is 0. The number of nitro groups is 1. The molecule has 1 aromatic rings. The van der Waals surface area contributed by atoms with E-state index in [1.54, 1.807) is 6.07 Å². The van der Waals surface area contributed by atoms with Crippen LogP contribution in [0.1, 0.15) is 23.2 Å². The van der Waals surface area contributed by atoms with Crippen molar-refractivity contribution in [2.24, 2.45) is 0 Å². The van der Waals surface area contributed by atoms with Crippen LogP contribution >= 0.6 is 0 Å². The molecule has 0 atom stereocenters. The lowest BCUT2D eigenvalue weighted by molar-refractivity contribution is -0.385. The number of carboxylic acid groups (broad SMARTS) is 1. The van der Waals surface area contributed by atoms with E-state index in [1.165, 1.54) is 12.1 Å². The standard InChI is InChI=1S/C11H12N2O4/c14-11(15)9-4-3-8(7-10(9)13(16)17)12-5-1-2-6-12/h3-4,7H,1-2,5-6H2,(H,14,15). The first-order valence-electron chi connectivity index (χ1n) is 5.36. The number of nitro benzene ring substituents is 1. The summed E-state index contributed by atoms with van der Waals surface area (Å²) < 4.78 is 0. The van der Waals surface area contributed by atoms with Gasteiger partial charge in [0.25, 0.3) is 5.69 Å². The van der Waals surface area contributed by atoms with Crippen LogP contribution in [0.4, 0.5) is 11.4 Å². The highest BCUT2D eigenvalue weighted by Crippen LogP contribution is 2.27. The van der Waals surface area contributed by atoms with Crippen molar-refractivity contribution < 1.29 is 14.8 Å². The Morgan fingerprint density at radius 1 is 1.35 bits per heavy atom. The number of rotatable bonds is 3. The van der Waals surface area contributed by atoms with Crippen LogP contribution < -0.4 is 4.90 Å². The zero-order chi connectivity index (χ0) is 12.4. The Balaban J connectivity index is 2.41. The van der Waals surface area contributed by atoms with Gasteiger partial charge in [0.2, 0.25) is 0 Å². The van der Waals surface area contributed by atoms with E-state index in [2.05, 4.69) is 0 Å². The lowest BCUT2D eigenvalue weighted by Gasteiger charge is -2.17. The molecule has 0 unspecified atom stereocenters. The van der Waals surface area contributed by atoms with Gasteiger partial charge < -0.3 is 10.0 Å². The zero-order valence-electron chi connectivity index (χ0n) is 9.13. The van der Waals surface area contributed by atoms with E-state index in [0.29, 0.717) is 0 Å². The lowest BCUT2D eigenvalue weighted by atomic mass is 10.1. The summed E-state index contributed by atoms with van der Waals surface area (Å²) in [5, 5.41) is 19.7. The summed E-state index contributed by atoms with van der Waals surface area (Å²) in [6.07, 6.45) is 2.13. The molecule has 0 amide bonds. The molecule has 6 heteroatoms. The normalized spacial score (nSPS) is 14.9. The molecule has 0 bridgehead atoms. The first kappa shape index (κ1) is 11.4. The quantitative estimate of drug-likeness (QED) is 0.640. The molecule has 6 nitrogen and oxygen atoms in total. The highest BCUT2D eigenvalue weighted by atomic mass is 16.6. The van der Waals surface area contributed by atoms with Gasteiger partial charge in [0.1, 0.15) is 5.56 Å². The molecule has 1 saturated heterocycles. The van der Waals surface area contributed by atoms with Gasteiger partial charge in [-0.05, 0) is 25.0 Å². The minimum Gasteiger partial charge on any atom is -0.477 e. The van der Waals surface area contributed by atoms with E-state index >= 15 is 0 Å². The average molecular weight is 236 g/mol. The maximum Gasteiger partial charge on any atom is 0.342 e. The minimum absolute atomic E-state index is 0.266. The molecule has 2 rings (SSSR count). The van der Waals surface area contributed by atoms with Crippen LogP contribution in [0, 0.1) is 10.1 Å². The number of carboxylic acids is 1. The summed E-state index contributed by atoms with van der Waals surface area (Å²) in [5.41, 5.74) is 0.110. The van der Waals surface area contributed by atoms with E-state index in [0.717, 1.165) is 31.6 Å². The van der Waals surface area contributed by atoms with Crippen LogP contribution in [0.15, 0.2) is 18.2 Å². The highest BCUT2D eigenvalue weighted by Gasteiger charge is 2.22. The molecule has 0 spiro atoms. The third-order valence-corrected chi connectivity index (χ3v) is 2.88. The Bertz CT molecular complexity index is 467. The smallest absolute Gasteiger partial charge is 0.342 e. The number of nitrogens with zero attached hydrogens (tertiary/aromatic N) is 2. The Morgan fingerprint density at radius 2 is 2.00 bits per heavy atom. The second kappa shape index (κ2) is 4.40. The van der Waals surface area contributed by atoms with Crippen molar-refractivity contribution >= 4 is 17.3 Å². The first-order valence-corrected chi connectivity index (χ1v) is 5.36. The van der Waals surface area contributed by atoms with Crippen molar-refractivity contribution in [3.63, 3.8) is 0 Å². The van der Waals surface area contributed by atoms with Crippen LogP contribution in [0.25, 0.3) is 0 Å². The highest BCUT2D eigenvalue weighted by molar-refractivity contribution is 5.93. The van der Waals surface area contributed by atoms with Gasteiger partial charge in [-0.2, -0.15) is 0 Å². The zero-order valence-corrected chi connectivity index (χ0v) is 9.13. The van der Waals surface area contributed by atoms with E-state index in [-0.39, 0.29) is 11.3 Å². The number of hydrogen-bond acceptors (Lipinski definition) is 4. The van der Waals surface area contributed by atoms with E-state index in [1.807, 2.05) is 4.90 Å². The van der Waals surface area contributed by atoms with Gasteiger partial charge in [0.15, 0.2) is 0 Å². The monoisotopic (exact) mass is 236 g/mol. The van der Waals surface area contributed by atoms with Crippen molar-refractivity contribution in [1.82, 2.24) is 0 Å². The third kappa shape index (κ3) is 2.20. The summed E-state index contributed by atoms with van der Waals surface area (Å²) in [6.45, 7) is 1.73. The molecule has 0 radical (unpaired) electrons. The second-order valence-electron chi connectivity index (χ2n) is 3.96. The number of aromatic carboxylic acids is 1. The van der Waals surface area contributed by atoms with Crippen molar-refractivity contribution in [2.45, 2.75) is 12.8 Å². The first-order chi connectivity index (χ1) is 8.09. The SMILES string of the molecule is O=C(O)c1ccc(N2CCCC2)cc1[N+](=O)[O-]. The van der Waals surface area contributed by atoms with Gasteiger partial charge in [0, 0.05) is 24.8 Å². The number of anilines is 1. The molecule has 90 valence electrons. The minimum atomic E-state index is -1.27. The maximum atomic E-state index is 10.8. The van der Waals surface area contributed by atoms with Crippen LogP contribution in [-0.2, 0) is 0 Å². The van der Waals surface area contributed by atoms with Crippen molar-refractivity contribution in [3.05, 3.63) is 33.9 Å². The molecule has 1 aliphatic rings. The second-order valence-corrected chi connectivity index (χ2v) is 3.96. The summed E-state index contributed by atoms with van der Waals surface area (Å²) in [6, 6.07) is 4.27. The van der Waals surface area contributed by atoms with Gasteiger partial charge in [-0.1, -0.05) is 0 Å². The van der Waals surface area contributed by atoms with Gasteiger partial charge in [0.05, 0.1) is 4.92 Å². The van der Waals surface area contributed by atoms with Crippen LogP contribution in [0.5, 0.6) is 0 Å². The average Bonchev–Trinajstić information content (AvgIpc) is 2.81. The number of benzene rings is 1. The van der Waals surface area contributed by atoms with Gasteiger partial charge in [-0.25, -0.2) is 4.79 Å².